The number of azo groups is 1. The van der Waals surface area contributed by atoms with Crippen LogP contribution in [0.25, 0.3) is 10.8 Å². The van der Waals surface area contributed by atoms with Crippen molar-refractivity contribution in [3.8, 4) is 11.5 Å². The number of unbranched alkanes of at least 4 members (excludes halogenated alkanes) is 9. The Bertz CT molecular complexity index is 3290. The number of fused-ring (bicyclic) bond motifs is 1. The van der Waals surface area contributed by atoms with Crippen molar-refractivity contribution in [1.29, 1.82) is 0 Å². The zero-order valence-corrected chi connectivity index (χ0v) is 52.6. The Labute approximate surface area is 527 Å². The quantitative estimate of drug-likeness (QED) is 0.00320. The molecule has 25 heteroatoms. The van der Waals surface area contributed by atoms with Crippen molar-refractivity contribution < 1.29 is 125 Å². The van der Waals surface area contributed by atoms with Gasteiger partial charge in [-0.15, -0.1) is 16.9 Å². The van der Waals surface area contributed by atoms with E-state index in [9.17, 15) is 47.3 Å². The first-order valence-corrected chi connectivity index (χ1v) is 28.7. The molecule has 418 valence electrons. The molecule has 1 unspecified atom stereocenters. The van der Waals surface area contributed by atoms with Gasteiger partial charge in [0.1, 0.15) is 21.6 Å². The predicted octanol–water partition coefficient (Wildman–Crippen LogP) is 6.49. The molecule has 6 rings (SSSR count). The molecule has 1 atom stereocenters. The average molecular weight is 1200 g/mol. The van der Waals surface area contributed by atoms with Crippen LogP contribution in [0.3, 0.4) is 0 Å². The number of hydrogen-bond donors (Lipinski definition) is 4. The number of benzene rings is 6. The largest absolute Gasteiger partial charge is 1.00 e. The molecule has 0 aliphatic rings. The molecule has 0 bridgehead atoms. The zero-order chi connectivity index (χ0) is 56.9. The molecule has 6 aromatic carbocycles. The Kier molecular flexibility index (Phi) is 29.4. The number of amides is 3. The average Bonchev–Trinajstić information content (AvgIpc) is 3.42. The van der Waals surface area contributed by atoms with Gasteiger partial charge in [0, 0.05) is 22.8 Å². The predicted molar refractivity (Wildman–Crippen MR) is 299 cm³/mol. The summed E-state index contributed by atoms with van der Waals surface area (Å²) in [5.74, 6) is -3.16. The number of aryl methyl sites for hydroxylation is 1. The second-order valence-corrected chi connectivity index (χ2v) is 21.7. The van der Waals surface area contributed by atoms with Gasteiger partial charge in [0.2, 0.25) is 17.7 Å². The van der Waals surface area contributed by atoms with Crippen LogP contribution in [0.2, 0.25) is 5.02 Å². The number of para-hydroxylation sites is 1. The number of nitrogens with one attached hydrogen (secondary N) is 3. The minimum absolute atomic E-state index is 0. The van der Waals surface area contributed by atoms with Gasteiger partial charge in [-0.1, -0.05) is 113 Å². The van der Waals surface area contributed by atoms with Crippen molar-refractivity contribution in [3.05, 3.63) is 131 Å². The molecule has 0 aromatic heterocycles. The van der Waals surface area contributed by atoms with Crippen molar-refractivity contribution in [3.63, 3.8) is 0 Å². The third-order valence-electron chi connectivity index (χ3n) is 12.1. The molecule has 0 radical (unpaired) electrons. The van der Waals surface area contributed by atoms with Crippen LogP contribution in [0, 0.1) is 6.92 Å². The summed E-state index contributed by atoms with van der Waals surface area (Å²) >= 11 is 7.78. The first-order valence-electron chi connectivity index (χ1n) is 25.2. The third-order valence-corrected chi connectivity index (χ3v) is 15.1. The van der Waals surface area contributed by atoms with E-state index in [-0.39, 0.29) is 128 Å². The van der Waals surface area contributed by atoms with E-state index in [1.54, 1.807) is 55.5 Å². The maximum atomic E-state index is 14.3. The summed E-state index contributed by atoms with van der Waals surface area (Å²) in [5, 5.41) is 40.4. The van der Waals surface area contributed by atoms with Gasteiger partial charge in [0.05, 0.1) is 74.8 Å². The summed E-state index contributed by atoms with van der Waals surface area (Å²) < 4.78 is 51.5. The van der Waals surface area contributed by atoms with Gasteiger partial charge >= 0.3 is 65.1 Å². The number of aromatic hydroxyl groups is 1. The second kappa shape index (κ2) is 34.7. The van der Waals surface area contributed by atoms with Crippen LogP contribution < -0.4 is 85.1 Å². The number of thioether (sulfide) groups is 1. The molecule has 81 heavy (non-hydrogen) atoms. The number of halogens is 1. The number of nitrogens with zero attached hydrogens (tertiary/aromatic N) is 2. The fraction of sp³-hybridized carbons (Fsp3) is 0.304. The van der Waals surface area contributed by atoms with E-state index in [2.05, 4.69) is 42.5 Å². The SMILES string of the molecule is CCCCCCCCCCCCOC(=O)c1ccc(Cl)c(NC(=O)C(Sc2ccccc2NC(=O)CCOc2ccc(N=Nc3c(SOO[O-])cc4cc(S(=O)(=O)[O-])cc(NC(C)=O)c4c3O)cc2)C(=O)c2ccccc2C)c1.[Na+].[Na+]. The van der Waals surface area contributed by atoms with Crippen molar-refractivity contribution in [2.24, 2.45) is 10.2 Å². The van der Waals surface area contributed by atoms with Crippen LogP contribution >= 0.6 is 35.4 Å². The fourth-order valence-electron chi connectivity index (χ4n) is 8.09. The molecule has 19 nitrogen and oxygen atoms in total. The zero-order valence-electron chi connectivity index (χ0n) is 45.4. The number of ether oxygens (including phenoxy) is 2. The summed E-state index contributed by atoms with van der Waals surface area (Å²) in [7, 11) is -5.02. The molecule has 3 amide bonds. The van der Waals surface area contributed by atoms with Crippen LogP contribution in [0.15, 0.2) is 134 Å². The van der Waals surface area contributed by atoms with Crippen molar-refractivity contribution in [1.82, 2.24) is 0 Å². The van der Waals surface area contributed by atoms with E-state index in [1.807, 2.05) is 0 Å². The van der Waals surface area contributed by atoms with Crippen molar-refractivity contribution in [2.45, 2.75) is 111 Å². The molecule has 0 spiro atoms. The molecular weight excluding hydrogens is 1140 g/mol. The fourth-order valence-corrected chi connectivity index (χ4v) is 10.3. The van der Waals surface area contributed by atoms with Crippen molar-refractivity contribution >= 4 is 114 Å². The van der Waals surface area contributed by atoms with E-state index in [1.165, 1.54) is 87.1 Å². The number of carbonyl (C=O) groups is 5. The van der Waals surface area contributed by atoms with Crippen LogP contribution in [-0.2, 0) is 38.6 Å². The van der Waals surface area contributed by atoms with Gasteiger partial charge in [-0.3, -0.25) is 24.2 Å². The van der Waals surface area contributed by atoms with Gasteiger partial charge in [-0.05, 0) is 97.1 Å². The number of carbonyl (C=O) groups excluding carboxylic acids is 5. The maximum absolute atomic E-state index is 14.3. The van der Waals surface area contributed by atoms with E-state index < -0.39 is 55.5 Å². The van der Waals surface area contributed by atoms with Crippen LogP contribution in [-0.4, -0.2) is 66.0 Å². The number of Topliss-reactive ketones (excluding diaryl/α,β-unsaturated/α-hetero) is 1. The first kappa shape index (κ1) is 68.6. The number of rotatable bonds is 30. The van der Waals surface area contributed by atoms with Crippen LogP contribution in [0.1, 0.15) is 111 Å². The van der Waals surface area contributed by atoms with Gasteiger partial charge in [-0.2, -0.15) is 9.45 Å². The number of esters is 1. The Balaban J connectivity index is 0.00000706. The number of anilines is 3. The third kappa shape index (κ3) is 21.0. The van der Waals surface area contributed by atoms with E-state index >= 15 is 0 Å². The number of ketones is 1. The Morgan fingerprint density at radius 2 is 1.41 bits per heavy atom. The molecule has 0 heterocycles. The molecule has 0 aliphatic carbocycles. The number of phenols is 1. The standard InChI is InChI=1S/C56H60ClN5O14S3.2Na/c1-4-5-6-7-8-9-10-11-12-17-29-74-56(68)37-22-27-43(57)45(32-37)60-55(67)54(52(65)42-19-14-13-18-35(42)2)77-47-21-16-15-20-44(47)59-49(64)28-30-73-40-25-23-39(24-26-40)61-62-51-48(78-76-75-69)33-38-31-41(79(70,71)72)34-46(58-36(3)63)50(38)53(51)66;;/h13-16,18-27,31-34,54,66,69H,4-12,17,28-30H2,1-3H3,(H,58,63)(H,59,64)(H,60,67)(H,70,71,72);;/q;2*+1/p-2. The smallest absolute Gasteiger partial charge is 0.744 e. The van der Waals surface area contributed by atoms with Crippen LogP contribution in [0.5, 0.6) is 11.5 Å². The molecular formula is C56H58ClN5Na2O14S3. The summed E-state index contributed by atoms with van der Waals surface area (Å²) in [6.45, 7) is 5.27. The van der Waals surface area contributed by atoms with Gasteiger partial charge in [0.15, 0.2) is 16.8 Å². The Morgan fingerprint density at radius 1 is 0.741 bits per heavy atom. The summed E-state index contributed by atoms with van der Waals surface area (Å²) in [4.78, 5) is 66.6. The van der Waals surface area contributed by atoms with Crippen molar-refractivity contribution in [2.75, 3.05) is 29.2 Å². The normalized spacial score (nSPS) is 11.5. The van der Waals surface area contributed by atoms with E-state index in [0.717, 1.165) is 56.5 Å². The minimum Gasteiger partial charge on any atom is -0.744 e. The molecule has 0 fully saturated rings. The number of phenolic OH excluding ortho intramolecular Hbond substituents is 1. The maximum Gasteiger partial charge on any atom is 1.00 e. The monoisotopic (exact) mass is 1200 g/mol. The van der Waals surface area contributed by atoms with Gasteiger partial charge < -0.3 is 40.3 Å². The summed E-state index contributed by atoms with van der Waals surface area (Å²) in [6, 6.07) is 27.1. The van der Waals surface area contributed by atoms with Crippen LogP contribution in [0.4, 0.5) is 28.4 Å². The second-order valence-electron chi connectivity index (χ2n) is 18.0. The molecule has 0 saturated carbocycles. The molecule has 6 aromatic rings. The first-order chi connectivity index (χ1) is 38.0. The van der Waals surface area contributed by atoms with E-state index in [4.69, 9.17) is 21.1 Å². The minimum atomic E-state index is -5.02. The molecule has 4 N–H and O–H groups in total. The van der Waals surface area contributed by atoms with Gasteiger partial charge in [-0.25, -0.2) is 13.2 Å². The van der Waals surface area contributed by atoms with E-state index in [0.29, 0.717) is 39.5 Å². The summed E-state index contributed by atoms with van der Waals surface area (Å²) in [5.41, 5.74) is 1.32. The topological polar surface area (TPSA) is 284 Å². The number of hydrogen-bond acceptors (Lipinski definition) is 18. The Hall–Kier alpha value is -4.89. The summed E-state index contributed by atoms with van der Waals surface area (Å²) in [6.07, 6.45) is 11.3. The van der Waals surface area contributed by atoms with Gasteiger partial charge in [0.25, 0.3) is 0 Å². The Morgan fingerprint density at radius 3 is 2.07 bits per heavy atom. The molecule has 0 saturated heterocycles. The molecule has 0 aliphatic heterocycles.